The molecule has 0 saturated heterocycles. The molecule has 3 aromatic carbocycles. The molecule has 30 heavy (non-hydrogen) atoms. The van der Waals surface area contributed by atoms with Gasteiger partial charge < -0.3 is 17.3 Å². The van der Waals surface area contributed by atoms with Gasteiger partial charge in [0.05, 0.1) is 7.11 Å². The van der Waals surface area contributed by atoms with E-state index in [1.807, 2.05) is 48.5 Å². The van der Waals surface area contributed by atoms with Crippen LogP contribution < -0.4 is 14.2 Å². The Morgan fingerprint density at radius 3 is 2.57 bits per heavy atom. The van der Waals surface area contributed by atoms with Gasteiger partial charge in [-0.05, 0) is 53.9 Å². The van der Waals surface area contributed by atoms with Crippen LogP contribution in [0.5, 0.6) is 23.0 Å². The zero-order chi connectivity index (χ0) is 20.8. The fourth-order valence-electron chi connectivity index (χ4n) is 4.18. The normalized spacial score (nSPS) is 20.6. The van der Waals surface area contributed by atoms with Crippen LogP contribution in [0.15, 0.2) is 60.7 Å². The van der Waals surface area contributed by atoms with E-state index in [2.05, 4.69) is 19.1 Å². The minimum atomic E-state index is -0.220. The second-order valence-corrected chi connectivity index (χ2v) is 7.98. The van der Waals surface area contributed by atoms with Gasteiger partial charge in [0.15, 0.2) is 23.0 Å². The van der Waals surface area contributed by atoms with E-state index in [1.54, 1.807) is 30.1 Å². The fourth-order valence-corrected chi connectivity index (χ4v) is 4.48. The van der Waals surface area contributed by atoms with Gasteiger partial charge in [0.25, 0.3) is 0 Å². The first kappa shape index (κ1) is 19.2. The first-order valence-electron chi connectivity index (χ1n) is 9.65. The number of hydrogen-bond acceptors (Lipinski definition) is 5. The predicted molar refractivity (Wildman–Crippen MR) is 120 cm³/mol. The SMILES string of the molecule is COc1ccc(-c2cccc(Oc3ccc4c(c3)OC3C(C(=O)OI)C43)c2)c(C)c1. The quantitative estimate of drug-likeness (QED) is 0.401. The van der Waals surface area contributed by atoms with E-state index >= 15 is 0 Å². The van der Waals surface area contributed by atoms with Crippen LogP contribution in [0, 0.1) is 12.8 Å². The fraction of sp³-hybridized carbons (Fsp3) is 0.208. The number of carbonyl (C=O) groups is 1. The zero-order valence-corrected chi connectivity index (χ0v) is 18.6. The van der Waals surface area contributed by atoms with Crippen LogP contribution in [-0.2, 0) is 7.86 Å². The lowest BCUT2D eigenvalue weighted by molar-refractivity contribution is -0.133. The van der Waals surface area contributed by atoms with E-state index in [0.717, 1.165) is 39.5 Å². The Morgan fingerprint density at radius 2 is 1.80 bits per heavy atom. The maximum Gasteiger partial charge on any atom is 0.322 e. The highest BCUT2D eigenvalue weighted by molar-refractivity contribution is 14.1. The molecule has 1 saturated carbocycles. The maximum atomic E-state index is 11.8. The van der Waals surface area contributed by atoms with Gasteiger partial charge in [-0.1, -0.05) is 24.3 Å². The third-order valence-corrected chi connectivity index (χ3v) is 6.16. The van der Waals surface area contributed by atoms with Crippen molar-refractivity contribution in [2.45, 2.75) is 18.9 Å². The summed E-state index contributed by atoms with van der Waals surface area (Å²) in [5.74, 6) is 2.75. The van der Waals surface area contributed by atoms with Crippen molar-refractivity contribution in [1.29, 1.82) is 0 Å². The van der Waals surface area contributed by atoms with Crippen LogP contribution in [0.25, 0.3) is 11.1 Å². The van der Waals surface area contributed by atoms with Crippen LogP contribution in [0.4, 0.5) is 0 Å². The van der Waals surface area contributed by atoms with Crippen LogP contribution in [-0.4, -0.2) is 19.2 Å². The van der Waals surface area contributed by atoms with Gasteiger partial charge in [-0.25, -0.2) is 0 Å². The molecule has 1 aliphatic carbocycles. The van der Waals surface area contributed by atoms with Crippen molar-refractivity contribution < 1.29 is 22.1 Å². The highest BCUT2D eigenvalue weighted by atomic mass is 127. The van der Waals surface area contributed by atoms with Crippen LogP contribution >= 0.6 is 23.0 Å². The summed E-state index contributed by atoms with van der Waals surface area (Å²) in [6.45, 7) is 2.07. The first-order chi connectivity index (χ1) is 14.6. The second-order valence-electron chi connectivity index (χ2n) is 7.54. The number of rotatable bonds is 5. The average molecular weight is 514 g/mol. The zero-order valence-electron chi connectivity index (χ0n) is 16.4. The van der Waals surface area contributed by atoms with Gasteiger partial charge in [-0.2, -0.15) is 0 Å². The van der Waals surface area contributed by atoms with Gasteiger partial charge in [0.1, 0.15) is 35.0 Å². The predicted octanol–water partition coefficient (Wildman–Crippen LogP) is 5.83. The summed E-state index contributed by atoms with van der Waals surface area (Å²) in [5, 5.41) is 0. The molecule has 1 fully saturated rings. The van der Waals surface area contributed by atoms with Crippen molar-refractivity contribution in [2.24, 2.45) is 5.92 Å². The highest BCUT2D eigenvalue weighted by Crippen LogP contribution is 2.59. The summed E-state index contributed by atoms with van der Waals surface area (Å²) in [6, 6.07) is 19.8. The smallest absolute Gasteiger partial charge is 0.322 e. The van der Waals surface area contributed by atoms with Gasteiger partial charge in [0.2, 0.25) is 0 Å². The summed E-state index contributed by atoms with van der Waals surface area (Å²) in [6.07, 6.45) is -0.112. The number of aryl methyl sites for hydroxylation is 1. The van der Waals surface area contributed by atoms with Crippen molar-refractivity contribution in [1.82, 2.24) is 0 Å². The van der Waals surface area contributed by atoms with Crippen LogP contribution in [0.1, 0.15) is 17.0 Å². The first-order valence-corrected chi connectivity index (χ1v) is 10.5. The molecule has 0 N–H and O–H groups in total. The number of fused-ring (bicyclic) bond motifs is 3. The number of halogens is 1. The minimum Gasteiger partial charge on any atom is -0.497 e. The number of carbonyl (C=O) groups excluding carboxylic acids is 1. The molecule has 3 unspecified atom stereocenters. The summed E-state index contributed by atoms with van der Waals surface area (Å²) in [5.41, 5.74) is 4.39. The van der Waals surface area contributed by atoms with E-state index in [0.29, 0.717) is 5.75 Å². The Balaban J connectivity index is 1.35. The molecule has 0 amide bonds. The van der Waals surface area contributed by atoms with Gasteiger partial charge in [-0.15, -0.1) is 0 Å². The lowest BCUT2D eigenvalue weighted by atomic mass is 10.0. The molecular formula is C24H19IO5. The highest BCUT2D eigenvalue weighted by Gasteiger charge is 2.63. The van der Waals surface area contributed by atoms with Crippen molar-refractivity contribution >= 4 is 29.0 Å². The average Bonchev–Trinajstić information content (AvgIpc) is 3.34. The Bertz CT molecular complexity index is 1140. The number of ether oxygens (including phenoxy) is 3. The molecule has 6 heteroatoms. The Kier molecular flexibility index (Phi) is 4.81. The van der Waals surface area contributed by atoms with E-state index in [4.69, 9.17) is 17.3 Å². The van der Waals surface area contributed by atoms with Crippen molar-refractivity contribution in [3.63, 3.8) is 0 Å². The Labute approximate surface area is 188 Å². The monoisotopic (exact) mass is 514 g/mol. The largest absolute Gasteiger partial charge is 0.497 e. The number of methoxy groups -OCH3 is 1. The van der Waals surface area contributed by atoms with Crippen LogP contribution in [0.2, 0.25) is 0 Å². The van der Waals surface area contributed by atoms with Gasteiger partial charge in [-0.3, -0.25) is 4.79 Å². The van der Waals surface area contributed by atoms with Gasteiger partial charge in [0, 0.05) is 17.5 Å². The number of hydrogen-bond donors (Lipinski definition) is 0. The third kappa shape index (κ3) is 3.29. The second kappa shape index (κ2) is 7.50. The summed E-state index contributed by atoms with van der Waals surface area (Å²) < 4.78 is 22.1. The molecule has 3 atom stereocenters. The van der Waals surface area contributed by atoms with E-state index in [9.17, 15) is 4.79 Å². The van der Waals surface area contributed by atoms with E-state index in [1.165, 1.54) is 0 Å². The molecule has 0 aromatic heterocycles. The molecule has 152 valence electrons. The topological polar surface area (TPSA) is 54.0 Å². The molecule has 0 radical (unpaired) electrons. The van der Waals surface area contributed by atoms with Crippen molar-refractivity contribution in [3.05, 3.63) is 71.8 Å². The Morgan fingerprint density at radius 1 is 1.00 bits per heavy atom. The lowest BCUT2D eigenvalue weighted by Crippen LogP contribution is -2.09. The molecule has 0 bridgehead atoms. The summed E-state index contributed by atoms with van der Waals surface area (Å²) in [7, 11) is 1.67. The van der Waals surface area contributed by atoms with Crippen molar-refractivity contribution in [2.75, 3.05) is 7.11 Å². The molecule has 2 aliphatic rings. The molecule has 0 spiro atoms. The summed E-state index contributed by atoms with van der Waals surface area (Å²) in [4.78, 5) is 11.8. The molecule has 1 aliphatic heterocycles. The lowest BCUT2D eigenvalue weighted by Gasteiger charge is -2.12. The molecule has 5 nitrogen and oxygen atoms in total. The standard InChI is InChI=1S/C24H19IO5/c1-13-10-15(27-2)6-8-18(13)14-4-3-5-16(11-14)28-17-7-9-19-20(12-17)29-23-21(19)22(23)24(26)30-25/h3-12,21-23H,1-2H3. The summed E-state index contributed by atoms with van der Waals surface area (Å²) >= 11 is 1.63. The van der Waals surface area contributed by atoms with E-state index < -0.39 is 0 Å². The molecular weight excluding hydrogens is 495 g/mol. The molecule has 3 aromatic rings. The van der Waals surface area contributed by atoms with Gasteiger partial charge >= 0.3 is 5.97 Å². The molecule has 5 rings (SSSR count). The Hall–Kier alpha value is -2.74. The van der Waals surface area contributed by atoms with E-state index in [-0.39, 0.29) is 23.9 Å². The number of benzene rings is 3. The minimum absolute atomic E-state index is 0.0951. The third-order valence-electron chi connectivity index (χ3n) is 5.72. The molecule has 1 heterocycles. The van der Waals surface area contributed by atoms with Crippen molar-refractivity contribution in [3.8, 4) is 34.1 Å². The maximum absolute atomic E-state index is 11.8. The van der Waals surface area contributed by atoms with Crippen LogP contribution in [0.3, 0.4) is 0 Å².